The first kappa shape index (κ1) is 24.7. The minimum absolute atomic E-state index is 0.000658. The van der Waals surface area contributed by atoms with Crippen LogP contribution in [0.25, 0.3) is 0 Å². The maximum Gasteiger partial charge on any atom is 0.414 e. The fraction of sp³-hybridized carbons (Fsp3) is 0.348. The molecule has 2 fully saturated rings. The molecule has 0 unspecified atom stereocenters. The number of thiocarbonyl (C=S) groups is 1. The van der Waals surface area contributed by atoms with Crippen LogP contribution in [0.5, 0.6) is 0 Å². The van der Waals surface area contributed by atoms with Crippen LogP contribution in [-0.2, 0) is 9.53 Å². The number of amides is 2. The Balaban J connectivity index is 1.38. The topological polar surface area (TPSA) is 77.2 Å². The highest BCUT2D eigenvalue weighted by Crippen LogP contribution is 2.28. The van der Waals surface area contributed by atoms with Crippen molar-refractivity contribution in [3.05, 3.63) is 59.9 Å². The largest absolute Gasteiger partial charge is 0.442 e. The van der Waals surface area contributed by atoms with Crippen LogP contribution >= 0.6 is 12.2 Å². The molecule has 186 valence electrons. The monoisotopic (exact) mass is 507 g/mol. The zero-order chi connectivity index (χ0) is 24.9. The summed E-state index contributed by atoms with van der Waals surface area (Å²) < 4.78 is 44.9. The summed E-state index contributed by atoms with van der Waals surface area (Å²) in [5, 5.41) is 3.89. The van der Waals surface area contributed by atoms with Gasteiger partial charge in [0.1, 0.15) is 16.9 Å². The molecule has 0 aromatic heterocycles. The number of hydrogen-bond acceptors (Lipinski definition) is 6. The number of anilines is 2. The molecule has 35 heavy (non-hydrogen) atoms. The maximum absolute atomic E-state index is 15.1. The molecule has 0 spiro atoms. The Bertz CT molecular complexity index is 1090. The van der Waals surface area contributed by atoms with E-state index in [9.17, 15) is 18.4 Å². The Morgan fingerprint density at radius 1 is 1.17 bits per heavy atom. The van der Waals surface area contributed by atoms with Crippen molar-refractivity contribution in [2.24, 2.45) is 0 Å². The molecule has 2 aliphatic rings. The number of hydrogen-bond donors (Lipinski definition) is 2. The van der Waals surface area contributed by atoms with E-state index < -0.39 is 30.3 Å². The fourth-order valence-corrected chi connectivity index (χ4v) is 4.22. The second-order valence-corrected chi connectivity index (χ2v) is 8.40. The number of nitrogens with zero attached hydrogens (tertiary/aromatic N) is 3. The van der Waals surface area contributed by atoms with E-state index >= 15 is 4.39 Å². The third-order valence-corrected chi connectivity index (χ3v) is 6.16. The lowest BCUT2D eigenvalue weighted by atomic mass is 10.2. The summed E-state index contributed by atoms with van der Waals surface area (Å²) in [6.45, 7) is 1.91. The Hall–Kier alpha value is -3.38. The zero-order valence-electron chi connectivity index (χ0n) is 18.6. The number of ether oxygens (including phenoxy) is 1. The molecule has 2 N–H and O–H groups in total. The van der Waals surface area contributed by atoms with Crippen molar-refractivity contribution in [2.45, 2.75) is 12.5 Å². The number of cyclic esters (lactones) is 1. The molecule has 2 aliphatic heterocycles. The van der Waals surface area contributed by atoms with Crippen LogP contribution in [0.1, 0.15) is 5.56 Å². The van der Waals surface area contributed by atoms with Gasteiger partial charge in [-0.25, -0.2) is 14.6 Å². The summed E-state index contributed by atoms with van der Waals surface area (Å²) >= 11 is 5.59. The number of halogens is 3. The number of benzene rings is 2. The van der Waals surface area contributed by atoms with Gasteiger partial charge in [-0.15, -0.1) is 0 Å². The molecule has 8 nitrogen and oxygen atoms in total. The van der Waals surface area contributed by atoms with E-state index in [0.29, 0.717) is 36.9 Å². The zero-order valence-corrected chi connectivity index (χ0v) is 19.4. The molecule has 4 rings (SSSR count). The summed E-state index contributed by atoms with van der Waals surface area (Å²) in [5.74, 6) is -1.95. The molecule has 0 saturated carbocycles. The Labute approximate surface area is 205 Å². The van der Waals surface area contributed by atoms with E-state index in [1.165, 1.54) is 11.0 Å². The number of nitrogens with one attached hydrogen (secondary N) is 2. The molecule has 0 bridgehead atoms. The average molecular weight is 508 g/mol. The van der Waals surface area contributed by atoms with E-state index in [0.717, 1.165) is 5.56 Å². The average Bonchev–Trinajstić information content (AvgIpc) is 3.06. The lowest BCUT2D eigenvalue weighted by Crippen LogP contribution is -2.43. The van der Waals surface area contributed by atoms with Crippen molar-refractivity contribution in [3.8, 4) is 0 Å². The molecule has 2 aromatic carbocycles. The molecule has 2 saturated heterocycles. The second kappa shape index (κ2) is 10.9. The first-order valence-corrected chi connectivity index (χ1v) is 11.4. The summed E-state index contributed by atoms with van der Waals surface area (Å²) in [5.41, 5.74) is 4.86. The van der Waals surface area contributed by atoms with Crippen molar-refractivity contribution in [2.75, 3.05) is 49.1 Å². The van der Waals surface area contributed by atoms with E-state index in [1.807, 2.05) is 45.6 Å². The van der Waals surface area contributed by atoms with Gasteiger partial charge in [0.05, 0.1) is 31.0 Å². The number of alkyl halides is 2. The van der Waals surface area contributed by atoms with Gasteiger partial charge in [0.15, 0.2) is 0 Å². The second-order valence-electron chi connectivity index (χ2n) is 8.02. The molecule has 2 amide bonds. The summed E-state index contributed by atoms with van der Waals surface area (Å²) in [4.78, 5) is 27.0. The first-order valence-electron chi connectivity index (χ1n) is 11.0. The first-order chi connectivity index (χ1) is 16.8. The van der Waals surface area contributed by atoms with Crippen molar-refractivity contribution >= 4 is 40.6 Å². The van der Waals surface area contributed by atoms with E-state index in [4.69, 9.17) is 17.0 Å². The molecule has 0 aliphatic carbocycles. The van der Waals surface area contributed by atoms with Crippen LogP contribution in [0.3, 0.4) is 0 Å². The van der Waals surface area contributed by atoms with Crippen LogP contribution in [0, 0.1) is 5.82 Å². The third kappa shape index (κ3) is 5.82. The van der Waals surface area contributed by atoms with Crippen LogP contribution in [-0.4, -0.2) is 73.8 Å². The highest BCUT2D eigenvalue weighted by Gasteiger charge is 2.33. The lowest BCUT2D eigenvalue weighted by Gasteiger charge is -2.25. The van der Waals surface area contributed by atoms with Crippen molar-refractivity contribution < 1.29 is 27.5 Å². The molecule has 2 heterocycles. The maximum atomic E-state index is 15.1. The molecule has 12 heteroatoms. The molecule has 1 atom stereocenters. The highest BCUT2D eigenvalue weighted by atomic mass is 32.1. The molecule has 0 radical (unpaired) electrons. The highest BCUT2D eigenvalue weighted by molar-refractivity contribution is 7.80. The van der Waals surface area contributed by atoms with Gasteiger partial charge < -0.3 is 15.0 Å². The molecular weight excluding hydrogens is 483 g/mol. The van der Waals surface area contributed by atoms with E-state index in [-0.39, 0.29) is 18.8 Å². The standard InChI is InChI=1S/C23H24F3N5O3S/c24-18-12-16(30-14-17(34-23(30)33)13-27-21(32)20(25)26)6-7-19(18)29-9-8-28-31(11-10-29)22(35)15-4-2-1-3-5-15/h1-7,12,17,20,28H,8-11,13-14H2,(H,27,32)/t17-/m0/s1. The number of carbonyl (C=O) groups is 2. The minimum Gasteiger partial charge on any atom is -0.442 e. The SMILES string of the molecule is O=C(NC[C@H]1CN(c2ccc(N3CCNN(C(=S)c4ccccc4)CC3)c(F)c2)C(=O)O1)C(F)F. The number of hydrazine groups is 1. The lowest BCUT2D eigenvalue weighted by molar-refractivity contribution is -0.132. The molecule has 2 aromatic rings. The predicted octanol–water partition coefficient (Wildman–Crippen LogP) is 2.53. The van der Waals surface area contributed by atoms with Gasteiger partial charge in [0.25, 0.3) is 5.91 Å². The smallest absolute Gasteiger partial charge is 0.414 e. The summed E-state index contributed by atoms with van der Waals surface area (Å²) in [6, 6.07) is 14.1. The van der Waals surface area contributed by atoms with Gasteiger partial charge in [-0.3, -0.25) is 14.7 Å². The van der Waals surface area contributed by atoms with Gasteiger partial charge in [0.2, 0.25) is 0 Å². The number of carbonyl (C=O) groups excluding carboxylic acids is 2. The van der Waals surface area contributed by atoms with Crippen molar-refractivity contribution in [3.63, 3.8) is 0 Å². The third-order valence-electron chi connectivity index (χ3n) is 5.70. The Morgan fingerprint density at radius 3 is 2.66 bits per heavy atom. The van der Waals surface area contributed by atoms with Gasteiger partial charge in [-0.2, -0.15) is 8.78 Å². The number of rotatable bonds is 6. The normalized spacial score (nSPS) is 18.5. The van der Waals surface area contributed by atoms with Gasteiger partial charge in [0, 0.05) is 25.2 Å². The quantitative estimate of drug-likeness (QED) is 0.582. The fourth-order valence-electron chi connectivity index (χ4n) is 3.93. The van der Waals surface area contributed by atoms with Crippen molar-refractivity contribution in [1.82, 2.24) is 15.8 Å². The summed E-state index contributed by atoms with van der Waals surface area (Å²) in [6.07, 6.45) is -4.71. The van der Waals surface area contributed by atoms with E-state index in [1.54, 1.807) is 12.1 Å². The van der Waals surface area contributed by atoms with E-state index in [2.05, 4.69) is 5.43 Å². The van der Waals surface area contributed by atoms with Crippen molar-refractivity contribution in [1.29, 1.82) is 0 Å². The van der Waals surface area contributed by atoms with Gasteiger partial charge >= 0.3 is 12.5 Å². The Morgan fingerprint density at radius 2 is 1.94 bits per heavy atom. The van der Waals surface area contributed by atoms with Crippen LogP contribution in [0.15, 0.2) is 48.5 Å². The van der Waals surface area contributed by atoms with Crippen LogP contribution in [0.4, 0.5) is 29.3 Å². The summed E-state index contributed by atoms with van der Waals surface area (Å²) in [7, 11) is 0. The predicted molar refractivity (Wildman–Crippen MR) is 128 cm³/mol. The van der Waals surface area contributed by atoms with Gasteiger partial charge in [-0.05, 0) is 18.2 Å². The molecular formula is C23H24F3N5O3S. The minimum atomic E-state index is -3.15. The van der Waals surface area contributed by atoms with Gasteiger partial charge in [-0.1, -0.05) is 42.5 Å². The van der Waals surface area contributed by atoms with Crippen LogP contribution in [0.2, 0.25) is 0 Å². The van der Waals surface area contributed by atoms with Crippen LogP contribution < -0.4 is 20.5 Å². The Kier molecular flexibility index (Phi) is 7.71.